The van der Waals surface area contributed by atoms with Crippen LogP contribution in [-0.2, 0) is 12.8 Å². The molecule has 0 bridgehead atoms. The summed E-state index contributed by atoms with van der Waals surface area (Å²) < 4.78 is 27.4. The average Bonchev–Trinajstić information content (AvgIpc) is 2.44. The highest BCUT2D eigenvalue weighted by Crippen LogP contribution is 2.24. The van der Waals surface area contributed by atoms with E-state index in [2.05, 4.69) is 15.9 Å². The molecule has 0 N–H and O–H groups in total. The Morgan fingerprint density at radius 3 is 2.20 bits per heavy atom. The van der Waals surface area contributed by atoms with Crippen LogP contribution in [0.1, 0.15) is 11.1 Å². The lowest BCUT2D eigenvalue weighted by atomic mass is 9.93. The van der Waals surface area contributed by atoms with Crippen molar-refractivity contribution >= 4 is 27.5 Å². The highest BCUT2D eigenvalue weighted by molar-refractivity contribution is 9.09. The maximum Gasteiger partial charge on any atom is 0.129 e. The third-order valence-corrected chi connectivity index (χ3v) is 4.52. The molecule has 0 nitrogen and oxygen atoms in total. The Morgan fingerprint density at radius 2 is 1.60 bits per heavy atom. The standard InChI is InChI=1S/C16H14BrClF2/c17-10-11(8-12-4-1-2-5-14(12)18)9-13-15(19)6-3-7-16(13)20/h1-7,11H,8-10H2. The van der Waals surface area contributed by atoms with E-state index in [1.807, 2.05) is 24.3 Å². The second-order valence-corrected chi connectivity index (χ2v) is 5.77. The lowest BCUT2D eigenvalue weighted by Crippen LogP contribution is -2.12. The number of hydrogen-bond donors (Lipinski definition) is 0. The first-order valence-electron chi connectivity index (χ1n) is 6.34. The van der Waals surface area contributed by atoms with Crippen molar-refractivity contribution in [3.8, 4) is 0 Å². The highest BCUT2D eigenvalue weighted by atomic mass is 79.9. The fourth-order valence-electron chi connectivity index (χ4n) is 2.17. The van der Waals surface area contributed by atoms with Crippen molar-refractivity contribution in [2.24, 2.45) is 5.92 Å². The van der Waals surface area contributed by atoms with Gasteiger partial charge in [-0.2, -0.15) is 0 Å². The molecule has 0 spiro atoms. The van der Waals surface area contributed by atoms with Gasteiger partial charge >= 0.3 is 0 Å². The van der Waals surface area contributed by atoms with E-state index in [1.165, 1.54) is 18.2 Å². The summed E-state index contributed by atoms with van der Waals surface area (Å²) in [6.07, 6.45) is 1.02. The van der Waals surface area contributed by atoms with Crippen LogP contribution in [0.2, 0.25) is 5.02 Å². The van der Waals surface area contributed by atoms with Gasteiger partial charge in [-0.25, -0.2) is 8.78 Å². The van der Waals surface area contributed by atoms with Crippen LogP contribution in [0.25, 0.3) is 0 Å². The van der Waals surface area contributed by atoms with Crippen LogP contribution in [0, 0.1) is 17.6 Å². The summed E-state index contributed by atoms with van der Waals surface area (Å²) in [4.78, 5) is 0. The first-order valence-corrected chi connectivity index (χ1v) is 7.84. The van der Waals surface area contributed by atoms with Crippen molar-refractivity contribution in [3.63, 3.8) is 0 Å². The Balaban J connectivity index is 2.16. The van der Waals surface area contributed by atoms with E-state index < -0.39 is 11.6 Å². The molecule has 0 fully saturated rings. The van der Waals surface area contributed by atoms with Gasteiger partial charge in [-0.15, -0.1) is 0 Å². The molecule has 0 radical (unpaired) electrons. The number of hydrogen-bond acceptors (Lipinski definition) is 0. The van der Waals surface area contributed by atoms with Crippen LogP contribution >= 0.6 is 27.5 Å². The predicted octanol–water partition coefficient (Wildman–Crippen LogP) is 5.41. The van der Waals surface area contributed by atoms with Crippen LogP contribution in [0.4, 0.5) is 8.78 Å². The van der Waals surface area contributed by atoms with E-state index in [0.29, 0.717) is 23.2 Å². The normalized spacial score (nSPS) is 12.4. The minimum Gasteiger partial charge on any atom is -0.207 e. The van der Waals surface area contributed by atoms with E-state index >= 15 is 0 Å². The molecule has 0 aliphatic heterocycles. The van der Waals surface area contributed by atoms with Crippen molar-refractivity contribution in [2.75, 3.05) is 5.33 Å². The molecule has 2 aromatic carbocycles. The van der Waals surface area contributed by atoms with E-state index in [1.54, 1.807) is 0 Å². The molecule has 0 aliphatic carbocycles. The molecule has 20 heavy (non-hydrogen) atoms. The Kier molecular flexibility index (Phi) is 5.55. The van der Waals surface area contributed by atoms with Crippen LogP contribution in [-0.4, -0.2) is 5.33 Å². The summed E-state index contributed by atoms with van der Waals surface area (Å²) in [5.74, 6) is -0.897. The smallest absolute Gasteiger partial charge is 0.129 e. The Bertz CT molecular complexity index is 566. The largest absolute Gasteiger partial charge is 0.207 e. The minimum atomic E-state index is -0.491. The van der Waals surface area contributed by atoms with Crippen LogP contribution in [0.3, 0.4) is 0 Å². The summed E-state index contributed by atoms with van der Waals surface area (Å²) in [7, 11) is 0. The zero-order valence-electron chi connectivity index (χ0n) is 10.8. The number of halogens is 4. The van der Waals surface area contributed by atoms with E-state index in [0.717, 1.165) is 5.56 Å². The molecule has 106 valence electrons. The molecular formula is C16H14BrClF2. The number of benzene rings is 2. The fourth-order valence-corrected chi connectivity index (χ4v) is 2.84. The second-order valence-electron chi connectivity index (χ2n) is 4.72. The topological polar surface area (TPSA) is 0 Å². The maximum absolute atomic E-state index is 13.7. The van der Waals surface area contributed by atoms with Crippen LogP contribution in [0.15, 0.2) is 42.5 Å². The molecule has 0 aromatic heterocycles. The van der Waals surface area contributed by atoms with Crippen LogP contribution < -0.4 is 0 Å². The van der Waals surface area contributed by atoms with Crippen LogP contribution in [0.5, 0.6) is 0 Å². The molecule has 0 heterocycles. The third-order valence-electron chi connectivity index (χ3n) is 3.24. The zero-order valence-corrected chi connectivity index (χ0v) is 13.1. The van der Waals surface area contributed by atoms with Gasteiger partial charge < -0.3 is 0 Å². The van der Waals surface area contributed by atoms with Crippen molar-refractivity contribution < 1.29 is 8.78 Å². The van der Waals surface area contributed by atoms with Gasteiger partial charge in [0.1, 0.15) is 11.6 Å². The van der Waals surface area contributed by atoms with Crippen molar-refractivity contribution in [1.29, 1.82) is 0 Å². The van der Waals surface area contributed by atoms with Gasteiger partial charge in [0.15, 0.2) is 0 Å². The highest BCUT2D eigenvalue weighted by Gasteiger charge is 2.16. The Labute approximate surface area is 130 Å². The summed E-state index contributed by atoms with van der Waals surface area (Å²) in [5, 5.41) is 1.35. The van der Waals surface area contributed by atoms with Crippen molar-refractivity contribution in [2.45, 2.75) is 12.8 Å². The first-order chi connectivity index (χ1) is 9.61. The monoisotopic (exact) mass is 358 g/mol. The molecule has 0 saturated carbocycles. The fraction of sp³-hybridized carbons (Fsp3) is 0.250. The molecule has 0 amide bonds. The van der Waals surface area contributed by atoms with Gasteiger partial charge in [-0.1, -0.05) is 51.8 Å². The summed E-state index contributed by atoms with van der Waals surface area (Å²) in [6, 6.07) is 11.5. The summed E-state index contributed by atoms with van der Waals surface area (Å²) in [6.45, 7) is 0. The zero-order chi connectivity index (χ0) is 14.5. The molecule has 2 aromatic rings. The second kappa shape index (κ2) is 7.19. The molecule has 1 unspecified atom stereocenters. The van der Waals surface area contributed by atoms with Gasteiger partial charge in [-0.05, 0) is 42.5 Å². The molecular weight excluding hydrogens is 346 g/mol. The lowest BCUT2D eigenvalue weighted by molar-refractivity contribution is 0.510. The lowest BCUT2D eigenvalue weighted by Gasteiger charge is -2.16. The molecule has 0 aliphatic rings. The van der Waals surface area contributed by atoms with Gasteiger partial charge in [0.25, 0.3) is 0 Å². The van der Waals surface area contributed by atoms with Crippen molar-refractivity contribution in [3.05, 3.63) is 70.2 Å². The van der Waals surface area contributed by atoms with Gasteiger partial charge in [0.05, 0.1) is 0 Å². The molecule has 1 atom stereocenters. The SMILES string of the molecule is Fc1cccc(F)c1CC(CBr)Cc1ccccc1Cl. The molecule has 4 heteroatoms. The summed E-state index contributed by atoms with van der Waals surface area (Å²) >= 11 is 9.54. The Morgan fingerprint density at radius 1 is 0.950 bits per heavy atom. The average molecular weight is 360 g/mol. The first kappa shape index (κ1) is 15.5. The van der Waals surface area contributed by atoms with Gasteiger partial charge in [-0.3, -0.25) is 0 Å². The maximum atomic E-state index is 13.7. The quantitative estimate of drug-likeness (QED) is 0.626. The number of alkyl halides is 1. The minimum absolute atomic E-state index is 0.0845. The van der Waals surface area contributed by atoms with E-state index in [-0.39, 0.29) is 11.5 Å². The van der Waals surface area contributed by atoms with E-state index in [4.69, 9.17) is 11.6 Å². The van der Waals surface area contributed by atoms with Gasteiger partial charge in [0.2, 0.25) is 0 Å². The van der Waals surface area contributed by atoms with Crippen molar-refractivity contribution in [1.82, 2.24) is 0 Å². The summed E-state index contributed by atoms with van der Waals surface area (Å²) in [5.41, 5.74) is 1.14. The molecule has 0 saturated heterocycles. The van der Waals surface area contributed by atoms with Gasteiger partial charge in [0, 0.05) is 15.9 Å². The third kappa shape index (κ3) is 3.80. The number of rotatable bonds is 5. The predicted molar refractivity (Wildman–Crippen MR) is 82.5 cm³/mol. The van der Waals surface area contributed by atoms with E-state index in [9.17, 15) is 8.78 Å². The Hall–Kier alpha value is -0.930. The molecule has 2 rings (SSSR count).